The fraction of sp³-hybridized carbons (Fsp3) is 0.429. The van der Waals surface area contributed by atoms with Crippen LogP contribution in [-0.2, 0) is 13.1 Å². The number of hydrogen-bond acceptors (Lipinski definition) is 4. The molecule has 2 aromatic rings. The highest BCUT2D eigenvalue weighted by Gasteiger charge is 2.22. The first-order chi connectivity index (χ1) is 13.2. The number of aryl methyl sites for hydroxylation is 1. The number of hydrogen-bond donors (Lipinski definition) is 2. The minimum atomic E-state index is 0.611. The molecule has 1 aliphatic carbocycles. The molecular formula is C21H28N4O2. The topological polar surface area (TPSA) is 67.8 Å². The molecule has 1 fully saturated rings. The standard InChI is InChI=1S/C21H28N4O2/c1-15-4-8-18(19(10-15)27-14-16-5-6-16)13-25-21(22-2)24-12-17-7-9-20(26-3)23-11-17/h4,7-11,16H,5-6,12-14H2,1-3H3,(H2,22,24,25). The molecule has 0 amide bonds. The van der Waals surface area contributed by atoms with Crippen LogP contribution in [0.2, 0.25) is 0 Å². The summed E-state index contributed by atoms with van der Waals surface area (Å²) in [5.74, 6) is 3.04. The molecule has 27 heavy (non-hydrogen) atoms. The minimum Gasteiger partial charge on any atom is -0.493 e. The molecule has 0 unspecified atom stereocenters. The number of methoxy groups -OCH3 is 1. The zero-order valence-corrected chi connectivity index (χ0v) is 16.3. The number of pyridine rings is 1. The summed E-state index contributed by atoms with van der Waals surface area (Å²) in [5, 5.41) is 6.66. The molecule has 1 aromatic heterocycles. The molecule has 3 rings (SSSR count). The zero-order chi connectivity index (χ0) is 19.1. The molecule has 1 aliphatic rings. The number of aromatic nitrogens is 1. The van der Waals surface area contributed by atoms with E-state index in [0.29, 0.717) is 19.0 Å². The Balaban J connectivity index is 1.53. The van der Waals surface area contributed by atoms with E-state index in [1.807, 2.05) is 12.1 Å². The molecule has 0 spiro atoms. The molecule has 0 bridgehead atoms. The maximum atomic E-state index is 6.04. The van der Waals surface area contributed by atoms with Gasteiger partial charge in [0.05, 0.1) is 13.7 Å². The monoisotopic (exact) mass is 368 g/mol. The van der Waals surface area contributed by atoms with Gasteiger partial charge < -0.3 is 20.1 Å². The van der Waals surface area contributed by atoms with Crippen LogP contribution >= 0.6 is 0 Å². The van der Waals surface area contributed by atoms with Gasteiger partial charge in [0.25, 0.3) is 0 Å². The third-order valence-corrected chi connectivity index (χ3v) is 4.53. The first-order valence-corrected chi connectivity index (χ1v) is 9.33. The van der Waals surface area contributed by atoms with Gasteiger partial charge in [-0.25, -0.2) is 4.98 Å². The summed E-state index contributed by atoms with van der Waals surface area (Å²) in [6.45, 7) is 4.19. The lowest BCUT2D eigenvalue weighted by Gasteiger charge is -2.15. The fourth-order valence-corrected chi connectivity index (χ4v) is 2.66. The highest BCUT2D eigenvalue weighted by atomic mass is 16.5. The maximum absolute atomic E-state index is 6.04. The van der Waals surface area contributed by atoms with E-state index in [2.05, 4.69) is 45.7 Å². The van der Waals surface area contributed by atoms with E-state index in [9.17, 15) is 0 Å². The maximum Gasteiger partial charge on any atom is 0.212 e. The van der Waals surface area contributed by atoms with Crippen molar-refractivity contribution in [3.05, 3.63) is 53.2 Å². The molecule has 6 nitrogen and oxygen atoms in total. The van der Waals surface area contributed by atoms with E-state index in [0.717, 1.165) is 35.4 Å². The predicted molar refractivity (Wildman–Crippen MR) is 107 cm³/mol. The van der Waals surface area contributed by atoms with Gasteiger partial charge in [0.15, 0.2) is 5.96 Å². The lowest BCUT2D eigenvalue weighted by Crippen LogP contribution is -2.36. The Morgan fingerprint density at radius 3 is 2.67 bits per heavy atom. The van der Waals surface area contributed by atoms with E-state index < -0.39 is 0 Å². The SMILES string of the molecule is CN=C(NCc1ccc(OC)nc1)NCc1ccc(C)cc1OCC1CC1. The first kappa shape index (κ1) is 19.0. The van der Waals surface area contributed by atoms with E-state index in [-0.39, 0.29) is 0 Å². The van der Waals surface area contributed by atoms with Crippen molar-refractivity contribution in [2.45, 2.75) is 32.9 Å². The van der Waals surface area contributed by atoms with Crippen LogP contribution in [0.3, 0.4) is 0 Å². The lowest BCUT2D eigenvalue weighted by atomic mass is 10.1. The molecular weight excluding hydrogens is 340 g/mol. The van der Waals surface area contributed by atoms with Crippen molar-refractivity contribution in [1.82, 2.24) is 15.6 Å². The van der Waals surface area contributed by atoms with Gasteiger partial charge in [-0.3, -0.25) is 4.99 Å². The van der Waals surface area contributed by atoms with Crippen LogP contribution in [0.1, 0.15) is 29.5 Å². The van der Waals surface area contributed by atoms with Gasteiger partial charge in [-0.2, -0.15) is 0 Å². The molecule has 0 aliphatic heterocycles. The molecule has 0 saturated heterocycles. The van der Waals surface area contributed by atoms with Crippen molar-refractivity contribution in [3.63, 3.8) is 0 Å². The number of ether oxygens (including phenoxy) is 2. The third-order valence-electron chi connectivity index (χ3n) is 4.53. The van der Waals surface area contributed by atoms with Gasteiger partial charge in [-0.15, -0.1) is 0 Å². The molecule has 1 saturated carbocycles. The Hall–Kier alpha value is -2.76. The second-order valence-electron chi connectivity index (χ2n) is 6.85. The van der Waals surface area contributed by atoms with Crippen LogP contribution in [0.5, 0.6) is 11.6 Å². The van der Waals surface area contributed by atoms with E-state index in [4.69, 9.17) is 9.47 Å². The number of aliphatic imine (C=N–C) groups is 1. The van der Waals surface area contributed by atoms with Gasteiger partial charge in [0, 0.05) is 38.0 Å². The highest BCUT2D eigenvalue weighted by Crippen LogP contribution is 2.30. The van der Waals surface area contributed by atoms with Crippen molar-refractivity contribution in [2.24, 2.45) is 10.9 Å². The van der Waals surface area contributed by atoms with Crippen LogP contribution in [0, 0.1) is 12.8 Å². The smallest absolute Gasteiger partial charge is 0.212 e. The summed E-state index contributed by atoms with van der Waals surface area (Å²) in [7, 11) is 3.38. The van der Waals surface area contributed by atoms with Gasteiger partial charge >= 0.3 is 0 Å². The van der Waals surface area contributed by atoms with Gasteiger partial charge in [0.2, 0.25) is 5.88 Å². The van der Waals surface area contributed by atoms with Gasteiger partial charge in [-0.1, -0.05) is 18.2 Å². The molecule has 0 atom stereocenters. The average molecular weight is 368 g/mol. The summed E-state index contributed by atoms with van der Waals surface area (Å²) in [6.07, 6.45) is 4.37. The second kappa shape index (κ2) is 9.26. The second-order valence-corrected chi connectivity index (χ2v) is 6.85. The number of nitrogens with one attached hydrogen (secondary N) is 2. The van der Waals surface area contributed by atoms with Crippen molar-refractivity contribution in [1.29, 1.82) is 0 Å². The minimum absolute atomic E-state index is 0.611. The molecule has 6 heteroatoms. The van der Waals surface area contributed by atoms with Crippen LogP contribution in [-0.4, -0.2) is 31.7 Å². The first-order valence-electron chi connectivity index (χ1n) is 9.33. The predicted octanol–water partition coefficient (Wildman–Crippen LogP) is 3.05. The number of benzene rings is 1. The van der Waals surface area contributed by atoms with Gasteiger partial charge in [-0.05, 0) is 42.9 Å². The molecule has 1 aromatic carbocycles. The van der Waals surface area contributed by atoms with Crippen LogP contribution < -0.4 is 20.1 Å². The Bertz CT molecular complexity index is 770. The summed E-state index contributed by atoms with van der Waals surface area (Å²) in [6, 6.07) is 10.2. The van der Waals surface area contributed by atoms with Crippen LogP contribution in [0.4, 0.5) is 0 Å². The molecule has 0 radical (unpaired) electrons. The van der Waals surface area contributed by atoms with Crippen molar-refractivity contribution < 1.29 is 9.47 Å². The third kappa shape index (κ3) is 5.88. The summed E-state index contributed by atoms with van der Waals surface area (Å²) >= 11 is 0. The van der Waals surface area contributed by atoms with Gasteiger partial charge in [0.1, 0.15) is 5.75 Å². The molecule has 2 N–H and O–H groups in total. The normalized spacial score (nSPS) is 14.0. The van der Waals surface area contributed by atoms with Crippen molar-refractivity contribution in [2.75, 3.05) is 20.8 Å². The quantitative estimate of drug-likeness (QED) is 0.554. The van der Waals surface area contributed by atoms with E-state index in [1.54, 1.807) is 20.4 Å². The van der Waals surface area contributed by atoms with E-state index >= 15 is 0 Å². The zero-order valence-electron chi connectivity index (χ0n) is 16.3. The Morgan fingerprint density at radius 2 is 2.00 bits per heavy atom. The van der Waals surface area contributed by atoms with Crippen LogP contribution in [0.25, 0.3) is 0 Å². The molecule has 144 valence electrons. The highest BCUT2D eigenvalue weighted by molar-refractivity contribution is 5.79. The van der Waals surface area contributed by atoms with Crippen LogP contribution in [0.15, 0.2) is 41.5 Å². The van der Waals surface area contributed by atoms with Crippen molar-refractivity contribution in [3.8, 4) is 11.6 Å². The Kier molecular flexibility index (Phi) is 6.52. The largest absolute Gasteiger partial charge is 0.493 e. The number of guanidine groups is 1. The lowest BCUT2D eigenvalue weighted by molar-refractivity contribution is 0.296. The number of nitrogens with zero attached hydrogens (tertiary/aromatic N) is 2. The summed E-state index contributed by atoms with van der Waals surface area (Å²) < 4.78 is 11.1. The van der Waals surface area contributed by atoms with Crippen molar-refractivity contribution >= 4 is 5.96 Å². The average Bonchev–Trinajstić information content (AvgIpc) is 3.52. The summed E-state index contributed by atoms with van der Waals surface area (Å²) in [4.78, 5) is 8.51. The summed E-state index contributed by atoms with van der Waals surface area (Å²) in [5.41, 5.74) is 3.40. The number of rotatable bonds is 8. The Morgan fingerprint density at radius 1 is 1.19 bits per heavy atom. The fourth-order valence-electron chi connectivity index (χ4n) is 2.66. The van der Waals surface area contributed by atoms with E-state index in [1.165, 1.54) is 18.4 Å². The Labute approximate surface area is 161 Å². The molecule has 1 heterocycles.